The van der Waals surface area contributed by atoms with E-state index in [9.17, 15) is 0 Å². The van der Waals surface area contributed by atoms with Crippen LogP contribution in [0.15, 0.2) is 24.3 Å². The quantitative estimate of drug-likeness (QED) is 0.796. The Kier molecular flexibility index (Phi) is 7.20. The predicted molar refractivity (Wildman–Crippen MR) is 93.7 cm³/mol. The van der Waals surface area contributed by atoms with Crippen molar-refractivity contribution in [1.82, 2.24) is 10.2 Å². The van der Waals surface area contributed by atoms with Gasteiger partial charge in [0, 0.05) is 12.1 Å². The molecule has 0 amide bonds. The van der Waals surface area contributed by atoms with E-state index < -0.39 is 0 Å². The van der Waals surface area contributed by atoms with Crippen LogP contribution in [0, 0.1) is 0 Å². The van der Waals surface area contributed by atoms with Gasteiger partial charge in [-0.1, -0.05) is 31.5 Å². The molecule has 1 aromatic rings. The Morgan fingerprint density at radius 2 is 2.00 bits per heavy atom. The van der Waals surface area contributed by atoms with Crippen LogP contribution in [0.25, 0.3) is 0 Å². The molecular weight excluding hydrogens is 272 g/mol. The summed E-state index contributed by atoms with van der Waals surface area (Å²) in [7, 11) is 1.75. The van der Waals surface area contributed by atoms with Crippen LogP contribution in [0.4, 0.5) is 0 Å². The molecule has 1 heterocycles. The number of methoxy groups -OCH3 is 1. The Morgan fingerprint density at radius 3 is 2.68 bits per heavy atom. The molecule has 1 atom stereocenters. The van der Waals surface area contributed by atoms with Crippen LogP contribution >= 0.6 is 0 Å². The minimum Gasteiger partial charge on any atom is -0.496 e. The van der Waals surface area contributed by atoms with Crippen molar-refractivity contribution in [3.05, 3.63) is 29.8 Å². The lowest BCUT2D eigenvalue weighted by Crippen LogP contribution is -2.46. The molecule has 1 aliphatic rings. The maximum atomic E-state index is 5.45. The van der Waals surface area contributed by atoms with Crippen LogP contribution in [0.5, 0.6) is 5.75 Å². The topological polar surface area (TPSA) is 24.5 Å². The molecule has 0 saturated carbocycles. The maximum Gasteiger partial charge on any atom is 0.122 e. The summed E-state index contributed by atoms with van der Waals surface area (Å²) in [6, 6.07) is 9.51. The second-order valence-electron chi connectivity index (χ2n) is 6.55. The van der Waals surface area contributed by atoms with E-state index in [1.807, 2.05) is 12.1 Å². The van der Waals surface area contributed by atoms with Crippen molar-refractivity contribution in [3.8, 4) is 5.75 Å². The lowest BCUT2D eigenvalue weighted by atomic mass is 10.0. The van der Waals surface area contributed by atoms with Crippen LogP contribution < -0.4 is 10.1 Å². The van der Waals surface area contributed by atoms with Gasteiger partial charge in [-0.15, -0.1) is 0 Å². The summed E-state index contributed by atoms with van der Waals surface area (Å²) in [5.41, 5.74) is 1.30. The average Bonchev–Trinajstić information content (AvgIpc) is 2.54. The van der Waals surface area contributed by atoms with Crippen molar-refractivity contribution in [2.75, 3.05) is 26.7 Å². The standard InChI is InChI=1S/C19H32N2O/c1-4-5-12-21-13-10-18(11-14-21)20-16(2)15-17-8-6-7-9-19(17)22-3/h6-9,16,18,20H,4-5,10-15H2,1-3H3. The molecule has 124 valence electrons. The Morgan fingerprint density at radius 1 is 1.27 bits per heavy atom. The first kappa shape index (κ1) is 17.3. The number of ether oxygens (including phenoxy) is 1. The van der Waals surface area contributed by atoms with Crippen molar-refractivity contribution in [2.45, 2.75) is 58.0 Å². The second kappa shape index (κ2) is 9.16. The number of unbranched alkanes of at least 4 members (excludes halogenated alkanes) is 1. The van der Waals surface area contributed by atoms with E-state index in [1.165, 1.54) is 50.9 Å². The van der Waals surface area contributed by atoms with Crippen LogP contribution in [0.2, 0.25) is 0 Å². The van der Waals surface area contributed by atoms with Gasteiger partial charge in [-0.05, 0) is 63.9 Å². The van der Waals surface area contributed by atoms with Crippen molar-refractivity contribution in [1.29, 1.82) is 0 Å². The van der Waals surface area contributed by atoms with E-state index in [4.69, 9.17) is 4.74 Å². The first-order chi connectivity index (χ1) is 10.7. The van der Waals surface area contributed by atoms with E-state index in [-0.39, 0.29) is 0 Å². The largest absolute Gasteiger partial charge is 0.496 e. The van der Waals surface area contributed by atoms with Gasteiger partial charge in [0.1, 0.15) is 5.75 Å². The van der Waals surface area contributed by atoms with Gasteiger partial charge in [-0.3, -0.25) is 0 Å². The zero-order valence-electron chi connectivity index (χ0n) is 14.5. The van der Waals surface area contributed by atoms with Gasteiger partial charge >= 0.3 is 0 Å². The molecule has 1 saturated heterocycles. The molecule has 0 aromatic heterocycles. The van der Waals surface area contributed by atoms with Gasteiger partial charge < -0.3 is 15.0 Å². The van der Waals surface area contributed by atoms with Crippen molar-refractivity contribution >= 4 is 0 Å². The Hall–Kier alpha value is -1.06. The Labute approximate surface area is 136 Å². The summed E-state index contributed by atoms with van der Waals surface area (Å²) in [5.74, 6) is 1.01. The second-order valence-corrected chi connectivity index (χ2v) is 6.55. The molecule has 1 fully saturated rings. The molecule has 1 N–H and O–H groups in total. The predicted octanol–water partition coefficient (Wildman–Crippen LogP) is 3.48. The van der Waals surface area contributed by atoms with Crippen molar-refractivity contribution in [3.63, 3.8) is 0 Å². The molecule has 0 aliphatic carbocycles. The van der Waals surface area contributed by atoms with E-state index in [2.05, 4.69) is 36.2 Å². The number of benzene rings is 1. The first-order valence-electron chi connectivity index (χ1n) is 8.83. The summed E-state index contributed by atoms with van der Waals surface area (Å²) < 4.78 is 5.45. The van der Waals surface area contributed by atoms with E-state index in [0.717, 1.165) is 12.2 Å². The summed E-state index contributed by atoms with van der Waals surface area (Å²) in [6.45, 7) is 8.34. The molecule has 1 unspecified atom stereocenters. The molecule has 2 rings (SSSR count). The fourth-order valence-electron chi connectivity index (χ4n) is 3.37. The number of hydrogen-bond donors (Lipinski definition) is 1. The fraction of sp³-hybridized carbons (Fsp3) is 0.684. The third kappa shape index (κ3) is 5.29. The number of nitrogens with one attached hydrogen (secondary N) is 1. The number of likely N-dealkylation sites (tertiary alicyclic amines) is 1. The molecule has 1 aromatic carbocycles. The smallest absolute Gasteiger partial charge is 0.122 e. The maximum absolute atomic E-state index is 5.45. The molecule has 1 aliphatic heterocycles. The van der Waals surface area contributed by atoms with Gasteiger partial charge in [0.25, 0.3) is 0 Å². The highest BCUT2D eigenvalue weighted by Gasteiger charge is 2.20. The summed E-state index contributed by atoms with van der Waals surface area (Å²) >= 11 is 0. The summed E-state index contributed by atoms with van der Waals surface area (Å²) in [6.07, 6.45) is 6.22. The van der Waals surface area contributed by atoms with Crippen LogP contribution in [-0.2, 0) is 6.42 Å². The molecule has 0 spiro atoms. The molecule has 0 bridgehead atoms. The van der Waals surface area contributed by atoms with E-state index in [0.29, 0.717) is 12.1 Å². The molecule has 3 nitrogen and oxygen atoms in total. The van der Waals surface area contributed by atoms with E-state index in [1.54, 1.807) is 7.11 Å². The van der Waals surface area contributed by atoms with Gasteiger partial charge in [-0.25, -0.2) is 0 Å². The average molecular weight is 304 g/mol. The zero-order chi connectivity index (χ0) is 15.8. The Balaban J connectivity index is 1.75. The van der Waals surface area contributed by atoms with Gasteiger partial charge in [0.05, 0.1) is 7.11 Å². The third-order valence-electron chi connectivity index (χ3n) is 4.65. The highest BCUT2D eigenvalue weighted by atomic mass is 16.5. The molecule has 0 radical (unpaired) electrons. The van der Waals surface area contributed by atoms with Crippen LogP contribution in [0.1, 0.15) is 45.1 Å². The molecule has 3 heteroatoms. The number of nitrogens with zero attached hydrogens (tertiary/aromatic N) is 1. The lowest BCUT2D eigenvalue weighted by molar-refractivity contribution is 0.189. The highest BCUT2D eigenvalue weighted by molar-refractivity contribution is 5.33. The highest BCUT2D eigenvalue weighted by Crippen LogP contribution is 2.19. The number of rotatable bonds is 8. The van der Waals surface area contributed by atoms with Gasteiger partial charge in [0.2, 0.25) is 0 Å². The monoisotopic (exact) mass is 304 g/mol. The van der Waals surface area contributed by atoms with Crippen molar-refractivity contribution in [2.24, 2.45) is 0 Å². The minimum atomic E-state index is 0.489. The third-order valence-corrected chi connectivity index (χ3v) is 4.65. The lowest BCUT2D eigenvalue weighted by Gasteiger charge is -2.34. The minimum absolute atomic E-state index is 0.489. The first-order valence-corrected chi connectivity index (χ1v) is 8.83. The molecular formula is C19H32N2O. The number of piperidine rings is 1. The van der Waals surface area contributed by atoms with Crippen LogP contribution in [-0.4, -0.2) is 43.7 Å². The summed E-state index contributed by atoms with van der Waals surface area (Å²) in [4.78, 5) is 2.62. The summed E-state index contributed by atoms with van der Waals surface area (Å²) in [5, 5.41) is 3.81. The number of para-hydroxylation sites is 1. The van der Waals surface area contributed by atoms with Gasteiger partial charge in [-0.2, -0.15) is 0 Å². The fourth-order valence-corrected chi connectivity index (χ4v) is 3.37. The van der Waals surface area contributed by atoms with Crippen LogP contribution in [0.3, 0.4) is 0 Å². The van der Waals surface area contributed by atoms with Gasteiger partial charge in [0.15, 0.2) is 0 Å². The Bertz CT molecular complexity index is 427. The normalized spacial score (nSPS) is 18.3. The van der Waals surface area contributed by atoms with Crippen molar-refractivity contribution < 1.29 is 4.74 Å². The zero-order valence-corrected chi connectivity index (χ0v) is 14.5. The molecule has 22 heavy (non-hydrogen) atoms. The van der Waals surface area contributed by atoms with E-state index >= 15 is 0 Å². The number of hydrogen-bond acceptors (Lipinski definition) is 3. The SMILES string of the molecule is CCCCN1CCC(NC(C)Cc2ccccc2OC)CC1.